The molecule has 0 aliphatic heterocycles. The number of hydrogen-bond donors (Lipinski definition) is 1. The quantitative estimate of drug-likeness (QED) is 0.465. The summed E-state index contributed by atoms with van der Waals surface area (Å²) in [6.07, 6.45) is 4.26. The number of aryl methyl sites for hydroxylation is 1. The van der Waals surface area contributed by atoms with Crippen LogP contribution < -0.4 is 10.9 Å². The maximum absolute atomic E-state index is 13.5. The molecule has 0 fully saturated rings. The molecule has 7 heteroatoms. The van der Waals surface area contributed by atoms with E-state index in [-0.39, 0.29) is 11.4 Å². The Labute approximate surface area is 188 Å². The first kappa shape index (κ1) is 20.4. The lowest BCUT2D eigenvalue weighted by Gasteiger charge is -2.23. The van der Waals surface area contributed by atoms with Gasteiger partial charge in [-0.25, -0.2) is 9.37 Å². The molecule has 0 unspecified atom stereocenters. The zero-order valence-corrected chi connectivity index (χ0v) is 18.3. The second-order valence-electron chi connectivity index (χ2n) is 7.90. The van der Waals surface area contributed by atoms with Gasteiger partial charge in [-0.15, -0.1) is 11.3 Å². The highest BCUT2D eigenvalue weighted by Crippen LogP contribution is 2.34. The monoisotopic (exact) mass is 453 g/mol. The van der Waals surface area contributed by atoms with Crippen molar-refractivity contribution in [1.82, 2.24) is 14.9 Å². The van der Waals surface area contributed by atoms with E-state index in [0.29, 0.717) is 12.6 Å². The summed E-state index contributed by atoms with van der Waals surface area (Å²) in [6, 6.07) is 14.5. The van der Waals surface area contributed by atoms with Gasteiger partial charge in [-0.3, -0.25) is 9.36 Å². The average molecular weight is 454 g/mol. The molecule has 1 aliphatic rings. The van der Waals surface area contributed by atoms with Gasteiger partial charge in [-0.05, 0) is 54.2 Å². The molecule has 31 heavy (non-hydrogen) atoms. The SMILES string of the molecule is O=c1c2c3c(sc2ncn1Cc1cccc(F)c1)C[C@@H](NCc1ccccc1Cl)CC3. The molecule has 0 saturated carbocycles. The van der Waals surface area contributed by atoms with Gasteiger partial charge in [0.15, 0.2) is 0 Å². The molecule has 0 spiro atoms. The lowest BCUT2D eigenvalue weighted by molar-refractivity contribution is 0.463. The number of benzene rings is 2. The Bertz CT molecular complexity index is 1320. The third kappa shape index (κ3) is 4.15. The molecule has 4 aromatic rings. The van der Waals surface area contributed by atoms with E-state index in [9.17, 15) is 9.18 Å². The van der Waals surface area contributed by atoms with Crippen LogP contribution in [-0.4, -0.2) is 15.6 Å². The molecule has 2 aromatic carbocycles. The molecule has 0 radical (unpaired) electrons. The summed E-state index contributed by atoms with van der Waals surface area (Å²) >= 11 is 7.88. The lowest BCUT2D eigenvalue weighted by Crippen LogP contribution is -2.34. The van der Waals surface area contributed by atoms with Crippen molar-refractivity contribution in [2.75, 3.05) is 0 Å². The average Bonchev–Trinajstić information content (AvgIpc) is 3.14. The predicted octanol–water partition coefficient (Wildman–Crippen LogP) is 4.95. The van der Waals surface area contributed by atoms with Crippen molar-refractivity contribution < 1.29 is 4.39 Å². The molecule has 1 atom stereocenters. The highest BCUT2D eigenvalue weighted by Gasteiger charge is 2.25. The number of hydrogen-bond acceptors (Lipinski definition) is 4. The zero-order chi connectivity index (χ0) is 21.4. The second-order valence-corrected chi connectivity index (χ2v) is 9.39. The largest absolute Gasteiger partial charge is 0.309 e. The summed E-state index contributed by atoms with van der Waals surface area (Å²) in [6.45, 7) is 1.04. The number of rotatable bonds is 5. The smallest absolute Gasteiger partial charge is 0.262 e. The minimum atomic E-state index is -0.303. The molecule has 2 heterocycles. The Hall–Kier alpha value is -2.54. The van der Waals surface area contributed by atoms with E-state index in [1.165, 1.54) is 17.0 Å². The van der Waals surface area contributed by atoms with Crippen molar-refractivity contribution >= 4 is 33.2 Å². The van der Waals surface area contributed by atoms with Crippen molar-refractivity contribution in [3.63, 3.8) is 0 Å². The van der Waals surface area contributed by atoms with Crippen LogP contribution in [0.4, 0.5) is 4.39 Å². The maximum Gasteiger partial charge on any atom is 0.262 e. The van der Waals surface area contributed by atoms with E-state index < -0.39 is 0 Å². The zero-order valence-electron chi connectivity index (χ0n) is 16.8. The van der Waals surface area contributed by atoms with Crippen LogP contribution in [0.25, 0.3) is 10.2 Å². The van der Waals surface area contributed by atoms with E-state index >= 15 is 0 Å². The molecule has 0 saturated heterocycles. The standard InChI is InChI=1S/C24H21ClFN3OS/c25-20-7-2-1-5-16(20)12-27-18-8-9-19-21(11-18)31-23-22(19)24(30)29(14-28-23)13-15-4-3-6-17(26)10-15/h1-7,10,14,18,27H,8-9,11-13H2/t18-/m0/s1. The predicted molar refractivity (Wildman–Crippen MR) is 123 cm³/mol. The molecule has 0 amide bonds. The Morgan fingerprint density at radius 2 is 2.10 bits per heavy atom. The van der Waals surface area contributed by atoms with Crippen LogP contribution in [0.2, 0.25) is 5.02 Å². The first-order chi connectivity index (χ1) is 15.1. The van der Waals surface area contributed by atoms with Crippen LogP contribution in [0.1, 0.15) is 28.0 Å². The van der Waals surface area contributed by atoms with Gasteiger partial charge in [-0.1, -0.05) is 41.9 Å². The van der Waals surface area contributed by atoms with Crippen LogP contribution in [0.15, 0.2) is 59.7 Å². The Kier molecular flexibility index (Phi) is 5.61. The number of nitrogens with one attached hydrogen (secondary N) is 1. The molecular weight excluding hydrogens is 433 g/mol. The number of halogens is 2. The first-order valence-electron chi connectivity index (χ1n) is 10.3. The summed E-state index contributed by atoms with van der Waals surface area (Å²) in [5, 5.41) is 5.11. The fraction of sp³-hybridized carbons (Fsp3) is 0.250. The van der Waals surface area contributed by atoms with Crippen molar-refractivity contribution in [1.29, 1.82) is 0 Å². The normalized spacial score (nSPS) is 15.9. The molecule has 1 aliphatic carbocycles. The van der Waals surface area contributed by atoms with Crippen LogP contribution in [0.5, 0.6) is 0 Å². The molecule has 2 aromatic heterocycles. The highest BCUT2D eigenvalue weighted by molar-refractivity contribution is 7.18. The molecular formula is C24H21ClFN3OS. The maximum atomic E-state index is 13.5. The molecule has 0 bridgehead atoms. The lowest BCUT2D eigenvalue weighted by atomic mass is 9.93. The Balaban J connectivity index is 1.37. The molecule has 5 rings (SSSR count). The summed E-state index contributed by atoms with van der Waals surface area (Å²) in [4.78, 5) is 19.7. The molecule has 4 nitrogen and oxygen atoms in total. The number of fused-ring (bicyclic) bond motifs is 3. The highest BCUT2D eigenvalue weighted by atomic mass is 35.5. The van der Waals surface area contributed by atoms with E-state index in [4.69, 9.17) is 11.6 Å². The summed E-state index contributed by atoms with van der Waals surface area (Å²) in [5.41, 5.74) is 2.92. The van der Waals surface area contributed by atoms with Crippen LogP contribution in [0.3, 0.4) is 0 Å². The van der Waals surface area contributed by atoms with Crippen molar-refractivity contribution in [2.24, 2.45) is 0 Å². The fourth-order valence-corrected chi connectivity index (χ4v) is 5.68. The van der Waals surface area contributed by atoms with Crippen LogP contribution in [-0.2, 0) is 25.9 Å². The number of aromatic nitrogens is 2. The van der Waals surface area contributed by atoms with Gasteiger partial charge in [0.1, 0.15) is 10.6 Å². The minimum Gasteiger partial charge on any atom is -0.309 e. The van der Waals surface area contributed by atoms with E-state index in [1.807, 2.05) is 30.3 Å². The Morgan fingerprint density at radius 1 is 1.23 bits per heavy atom. The topological polar surface area (TPSA) is 46.9 Å². The van der Waals surface area contributed by atoms with Crippen molar-refractivity contribution in [2.45, 2.75) is 38.4 Å². The van der Waals surface area contributed by atoms with Gasteiger partial charge in [0.05, 0.1) is 18.3 Å². The summed E-state index contributed by atoms with van der Waals surface area (Å²) in [7, 11) is 0. The number of nitrogens with zero attached hydrogens (tertiary/aromatic N) is 2. The van der Waals surface area contributed by atoms with Crippen LogP contribution in [0, 0.1) is 5.82 Å². The third-order valence-electron chi connectivity index (χ3n) is 5.82. The fourth-order valence-electron chi connectivity index (χ4n) is 4.22. The van der Waals surface area contributed by atoms with Gasteiger partial charge < -0.3 is 5.32 Å². The van der Waals surface area contributed by atoms with Gasteiger partial charge in [0, 0.05) is 22.5 Å². The van der Waals surface area contributed by atoms with Crippen molar-refractivity contribution in [3.8, 4) is 0 Å². The van der Waals surface area contributed by atoms with Crippen molar-refractivity contribution in [3.05, 3.63) is 97.6 Å². The minimum absolute atomic E-state index is 0.0470. The molecule has 158 valence electrons. The number of thiophene rings is 1. The summed E-state index contributed by atoms with van der Waals surface area (Å²) in [5.74, 6) is -0.303. The third-order valence-corrected chi connectivity index (χ3v) is 7.35. The van der Waals surface area contributed by atoms with Gasteiger partial charge in [-0.2, -0.15) is 0 Å². The first-order valence-corrected chi connectivity index (χ1v) is 11.5. The van der Waals surface area contributed by atoms with Gasteiger partial charge in [0.2, 0.25) is 0 Å². The Morgan fingerprint density at radius 3 is 2.94 bits per heavy atom. The molecule has 1 N–H and O–H groups in total. The van der Waals surface area contributed by atoms with E-state index in [0.717, 1.165) is 57.7 Å². The summed E-state index contributed by atoms with van der Waals surface area (Å²) < 4.78 is 15.1. The van der Waals surface area contributed by atoms with Gasteiger partial charge in [0.25, 0.3) is 5.56 Å². The van der Waals surface area contributed by atoms with Gasteiger partial charge >= 0.3 is 0 Å². The second kappa shape index (κ2) is 8.54. The van der Waals surface area contributed by atoms with E-state index in [1.54, 1.807) is 28.3 Å². The van der Waals surface area contributed by atoms with Crippen LogP contribution >= 0.6 is 22.9 Å². The van der Waals surface area contributed by atoms with E-state index in [2.05, 4.69) is 10.3 Å².